The lowest BCUT2D eigenvalue weighted by atomic mass is 9.94. The molecule has 1 atom stereocenters. The van der Waals surface area contributed by atoms with Crippen molar-refractivity contribution in [1.29, 1.82) is 0 Å². The highest BCUT2D eigenvalue weighted by molar-refractivity contribution is 6.10. The molecule has 4 rings (SSSR count). The third-order valence-corrected chi connectivity index (χ3v) is 6.50. The lowest BCUT2D eigenvalue weighted by Gasteiger charge is -2.33. The molecule has 1 fully saturated rings. The molecule has 0 spiro atoms. The fourth-order valence-electron chi connectivity index (χ4n) is 4.59. The number of para-hydroxylation sites is 1. The van der Waals surface area contributed by atoms with Crippen LogP contribution in [0.15, 0.2) is 71.3 Å². The summed E-state index contributed by atoms with van der Waals surface area (Å²) >= 11 is 0. The molecular weight excluding hydrogens is 412 g/mol. The molecule has 0 bridgehead atoms. The normalized spacial score (nSPS) is 15.1. The molecule has 2 amide bonds. The van der Waals surface area contributed by atoms with Crippen LogP contribution in [0.2, 0.25) is 0 Å². The second-order valence-electron chi connectivity index (χ2n) is 8.74. The zero-order valence-electron chi connectivity index (χ0n) is 19.4. The highest BCUT2D eigenvalue weighted by Crippen LogP contribution is 2.31. The fraction of sp³-hybridized carbons (Fsp3) is 0.357. The summed E-state index contributed by atoms with van der Waals surface area (Å²) in [5, 5.41) is 3.25. The van der Waals surface area contributed by atoms with Crippen LogP contribution in [0.3, 0.4) is 0 Å². The van der Waals surface area contributed by atoms with E-state index in [1.54, 1.807) is 17.9 Å². The number of carbonyl (C=O) groups excluding carboxylic acids is 2. The van der Waals surface area contributed by atoms with Gasteiger partial charge in [0.15, 0.2) is 0 Å². The SMILES string of the molecule is CCc1ccc([C@@H](C(=O)NC2CCCCC2)N(C(=O)c2ccoc2C)c2ccccc2)cc1. The van der Waals surface area contributed by atoms with Crippen LogP contribution in [0, 0.1) is 6.92 Å². The van der Waals surface area contributed by atoms with Gasteiger partial charge < -0.3 is 9.73 Å². The van der Waals surface area contributed by atoms with Gasteiger partial charge in [-0.15, -0.1) is 0 Å². The summed E-state index contributed by atoms with van der Waals surface area (Å²) < 4.78 is 5.42. The summed E-state index contributed by atoms with van der Waals surface area (Å²) in [6.07, 6.45) is 7.84. The maximum atomic E-state index is 13.8. The van der Waals surface area contributed by atoms with Gasteiger partial charge in [-0.2, -0.15) is 0 Å². The number of carbonyl (C=O) groups is 2. The fourth-order valence-corrected chi connectivity index (χ4v) is 4.59. The Balaban J connectivity index is 1.78. The van der Waals surface area contributed by atoms with Crippen LogP contribution in [0.1, 0.15) is 72.3 Å². The highest BCUT2D eigenvalue weighted by atomic mass is 16.3. The van der Waals surface area contributed by atoms with Crippen molar-refractivity contribution in [2.24, 2.45) is 0 Å². The lowest BCUT2D eigenvalue weighted by molar-refractivity contribution is -0.123. The number of hydrogen-bond donors (Lipinski definition) is 1. The minimum Gasteiger partial charge on any atom is -0.469 e. The van der Waals surface area contributed by atoms with Gasteiger partial charge in [0.1, 0.15) is 11.8 Å². The first-order valence-electron chi connectivity index (χ1n) is 11.9. The van der Waals surface area contributed by atoms with Crippen LogP contribution >= 0.6 is 0 Å². The van der Waals surface area contributed by atoms with E-state index in [2.05, 4.69) is 12.2 Å². The van der Waals surface area contributed by atoms with E-state index in [4.69, 9.17) is 4.42 Å². The van der Waals surface area contributed by atoms with E-state index in [0.717, 1.165) is 37.7 Å². The van der Waals surface area contributed by atoms with Gasteiger partial charge >= 0.3 is 0 Å². The summed E-state index contributed by atoms with van der Waals surface area (Å²) in [4.78, 5) is 29.3. The van der Waals surface area contributed by atoms with Crippen molar-refractivity contribution in [2.75, 3.05) is 4.90 Å². The molecule has 33 heavy (non-hydrogen) atoms. The van der Waals surface area contributed by atoms with E-state index >= 15 is 0 Å². The Morgan fingerprint density at radius 3 is 2.30 bits per heavy atom. The number of benzene rings is 2. The number of amides is 2. The molecule has 1 N–H and O–H groups in total. The van der Waals surface area contributed by atoms with Gasteiger partial charge in [0, 0.05) is 11.7 Å². The molecule has 1 heterocycles. The highest BCUT2D eigenvalue weighted by Gasteiger charge is 2.35. The van der Waals surface area contributed by atoms with Crippen LogP contribution in [0.25, 0.3) is 0 Å². The molecule has 172 valence electrons. The molecule has 1 aromatic heterocycles. The quantitative estimate of drug-likeness (QED) is 0.487. The summed E-state index contributed by atoms with van der Waals surface area (Å²) in [6, 6.07) is 18.4. The number of anilines is 1. The van der Waals surface area contributed by atoms with Crippen molar-refractivity contribution in [1.82, 2.24) is 5.32 Å². The van der Waals surface area contributed by atoms with E-state index in [1.165, 1.54) is 18.2 Å². The number of furan rings is 1. The van der Waals surface area contributed by atoms with Crippen LogP contribution in [-0.2, 0) is 11.2 Å². The topological polar surface area (TPSA) is 62.6 Å². The Hall–Kier alpha value is -3.34. The third-order valence-electron chi connectivity index (χ3n) is 6.50. The van der Waals surface area contributed by atoms with E-state index < -0.39 is 6.04 Å². The number of rotatable bonds is 7. The minimum atomic E-state index is -0.790. The van der Waals surface area contributed by atoms with Crippen molar-refractivity contribution in [3.63, 3.8) is 0 Å². The Bertz CT molecular complexity index is 1070. The number of hydrogen-bond acceptors (Lipinski definition) is 3. The molecule has 5 heteroatoms. The van der Waals surface area contributed by atoms with E-state index in [1.807, 2.05) is 54.6 Å². The molecule has 5 nitrogen and oxygen atoms in total. The molecule has 1 aliphatic rings. The van der Waals surface area contributed by atoms with E-state index in [-0.39, 0.29) is 17.9 Å². The standard InChI is InChI=1S/C28H32N2O3/c1-3-21-14-16-22(17-15-21)26(27(31)29-23-10-6-4-7-11-23)30(24-12-8-5-9-13-24)28(32)25-18-19-33-20(25)2/h5,8-9,12-19,23,26H,3-4,6-7,10-11H2,1-2H3,(H,29,31)/t26-/m0/s1. The molecule has 3 aromatic rings. The summed E-state index contributed by atoms with van der Waals surface area (Å²) in [5.74, 6) is 0.133. The first-order chi connectivity index (χ1) is 16.1. The molecule has 0 unspecified atom stereocenters. The molecule has 1 aliphatic carbocycles. The monoisotopic (exact) mass is 444 g/mol. The van der Waals surface area contributed by atoms with Gasteiger partial charge in [-0.25, -0.2) is 0 Å². The minimum absolute atomic E-state index is 0.145. The largest absolute Gasteiger partial charge is 0.469 e. The second kappa shape index (κ2) is 10.5. The number of nitrogens with zero attached hydrogens (tertiary/aromatic N) is 1. The molecule has 0 aliphatic heterocycles. The maximum absolute atomic E-state index is 13.8. The Labute approximate surface area is 195 Å². The maximum Gasteiger partial charge on any atom is 0.262 e. The van der Waals surface area contributed by atoms with E-state index in [0.29, 0.717) is 17.0 Å². The zero-order chi connectivity index (χ0) is 23.2. The second-order valence-corrected chi connectivity index (χ2v) is 8.74. The Kier molecular flexibility index (Phi) is 7.28. The van der Waals surface area contributed by atoms with Gasteiger partial charge in [-0.3, -0.25) is 14.5 Å². The van der Waals surface area contributed by atoms with Gasteiger partial charge in [-0.05, 0) is 55.5 Å². The number of aryl methyl sites for hydroxylation is 2. The van der Waals surface area contributed by atoms with Gasteiger partial charge in [0.25, 0.3) is 5.91 Å². The molecule has 0 radical (unpaired) electrons. The third kappa shape index (κ3) is 5.19. The average Bonchev–Trinajstić information content (AvgIpc) is 3.29. The summed E-state index contributed by atoms with van der Waals surface area (Å²) in [7, 11) is 0. The van der Waals surface area contributed by atoms with Crippen LogP contribution < -0.4 is 10.2 Å². The summed E-state index contributed by atoms with van der Waals surface area (Å²) in [6.45, 7) is 3.87. The first kappa shape index (κ1) is 22.8. The van der Waals surface area contributed by atoms with Gasteiger partial charge in [0.05, 0.1) is 11.8 Å². The Morgan fingerprint density at radius 1 is 1.00 bits per heavy atom. The van der Waals surface area contributed by atoms with Crippen molar-refractivity contribution < 1.29 is 14.0 Å². The van der Waals surface area contributed by atoms with Crippen molar-refractivity contribution in [3.05, 3.63) is 89.4 Å². The zero-order valence-corrected chi connectivity index (χ0v) is 19.4. The van der Waals surface area contributed by atoms with Gasteiger partial charge in [-0.1, -0.05) is 68.7 Å². The van der Waals surface area contributed by atoms with Crippen LogP contribution in [0.5, 0.6) is 0 Å². The van der Waals surface area contributed by atoms with Crippen molar-refractivity contribution >= 4 is 17.5 Å². The van der Waals surface area contributed by atoms with Crippen LogP contribution in [0.4, 0.5) is 5.69 Å². The smallest absolute Gasteiger partial charge is 0.262 e. The molecular formula is C28H32N2O3. The van der Waals surface area contributed by atoms with Crippen LogP contribution in [-0.4, -0.2) is 17.9 Å². The van der Waals surface area contributed by atoms with Crippen molar-refractivity contribution in [2.45, 2.75) is 64.5 Å². The lowest BCUT2D eigenvalue weighted by Crippen LogP contribution is -2.47. The molecule has 2 aromatic carbocycles. The molecule has 1 saturated carbocycles. The van der Waals surface area contributed by atoms with E-state index in [9.17, 15) is 9.59 Å². The first-order valence-corrected chi connectivity index (χ1v) is 11.9. The summed E-state index contributed by atoms with van der Waals surface area (Å²) in [5.41, 5.74) is 3.11. The average molecular weight is 445 g/mol. The molecule has 0 saturated heterocycles. The Morgan fingerprint density at radius 2 is 1.70 bits per heavy atom. The predicted molar refractivity (Wildman–Crippen MR) is 130 cm³/mol. The van der Waals surface area contributed by atoms with Gasteiger partial charge in [0.2, 0.25) is 5.91 Å². The number of nitrogens with one attached hydrogen (secondary N) is 1. The predicted octanol–water partition coefficient (Wildman–Crippen LogP) is 5.99. The van der Waals surface area contributed by atoms with Crippen molar-refractivity contribution in [3.8, 4) is 0 Å².